The van der Waals surface area contributed by atoms with Crippen LogP contribution in [0.4, 0.5) is 0 Å². The van der Waals surface area contributed by atoms with Gasteiger partial charge in [0.2, 0.25) is 5.60 Å². The van der Waals surface area contributed by atoms with Gasteiger partial charge < -0.3 is 14.6 Å². The molecule has 0 aliphatic carbocycles. The van der Waals surface area contributed by atoms with E-state index in [1.54, 1.807) is 6.92 Å². The monoisotopic (exact) mass is 321 g/mol. The standard InChI is InChI=1S/C16H20ClN3O2/c1-16(15(21)20-9-7-19(2)8-10-20)11-14(18-22-16)12-5-3-4-6-13(12)17/h3-6H,7-11H2,1-2H3/t16-/m1/s1. The molecule has 1 fully saturated rings. The molecule has 5 nitrogen and oxygen atoms in total. The fourth-order valence-electron chi connectivity index (χ4n) is 2.84. The maximum atomic E-state index is 12.8. The molecule has 22 heavy (non-hydrogen) atoms. The minimum absolute atomic E-state index is 0.00593. The molecule has 118 valence electrons. The number of amides is 1. The second-order valence-corrected chi connectivity index (χ2v) is 6.52. The molecule has 0 radical (unpaired) electrons. The van der Waals surface area contributed by atoms with Gasteiger partial charge in [-0.25, -0.2) is 0 Å². The fourth-order valence-corrected chi connectivity index (χ4v) is 3.08. The van der Waals surface area contributed by atoms with E-state index in [0.29, 0.717) is 11.4 Å². The Hall–Kier alpha value is -1.59. The lowest BCUT2D eigenvalue weighted by molar-refractivity contribution is -0.154. The van der Waals surface area contributed by atoms with E-state index in [1.807, 2.05) is 29.2 Å². The van der Waals surface area contributed by atoms with Crippen molar-refractivity contribution in [2.24, 2.45) is 5.16 Å². The van der Waals surface area contributed by atoms with Gasteiger partial charge in [-0.2, -0.15) is 0 Å². The Balaban J connectivity index is 1.72. The van der Waals surface area contributed by atoms with Gasteiger partial charge in [-0.05, 0) is 20.0 Å². The summed E-state index contributed by atoms with van der Waals surface area (Å²) in [6.07, 6.45) is 0.446. The average molecular weight is 322 g/mol. The SMILES string of the molecule is CN1CCN(C(=O)[C@@]2(C)CC(c3ccccc3Cl)=NO2)CC1. The summed E-state index contributed by atoms with van der Waals surface area (Å²) >= 11 is 6.20. The molecule has 1 atom stereocenters. The third-order valence-electron chi connectivity index (χ3n) is 4.29. The maximum absolute atomic E-state index is 12.8. The number of hydrogen-bond donors (Lipinski definition) is 0. The van der Waals surface area contributed by atoms with Gasteiger partial charge in [-0.3, -0.25) is 4.79 Å². The third kappa shape index (κ3) is 2.83. The quantitative estimate of drug-likeness (QED) is 0.837. The number of carbonyl (C=O) groups is 1. The summed E-state index contributed by atoms with van der Waals surface area (Å²) in [5.74, 6) is 0.00593. The van der Waals surface area contributed by atoms with E-state index in [2.05, 4.69) is 17.1 Å². The summed E-state index contributed by atoms with van der Waals surface area (Å²) in [5.41, 5.74) is 0.638. The van der Waals surface area contributed by atoms with Gasteiger partial charge >= 0.3 is 0 Å². The van der Waals surface area contributed by atoms with Crippen LogP contribution in [0.15, 0.2) is 29.4 Å². The summed E-state index contributed by atoms with van der Waals surface area (Å²) in [6, 6.07) is 7.49. The highest BCUT2D eigenvalue weighted by atomic mass is 35.5. The van der Waals surface area contributed by atoms with Gasteiger partial charge in [-0.15, -0.1) is 0 Å². The number of carbonyl (C=O) groups excluding carboxylic acids is 1. The van der Waals surface area contributed by atoms with Crippen LogP contribution in [0.3, 0.4) is 0 Å². The van der Waals surface area contributed by atoms with Crippen molar-refractivity contribution in [2.45, 2.75) is 18.9 Å². The van der Waals surface area contributed by atoms with Crippen LogP contribution in [0.5, 0.6) is 0 Å². The van der Waals surface area contributed by atoms with Crippen molar-refractivity contribution >= 4 is 23.2 Å². The predicted molar refractivity (Wildman–Crippen MR) is 86.2 cm³/mol. The Bertz CT molecular complexity index is 611. The van der Waals surface area contributed by atoms with Crippen molar-refractivity contribution in [1.29, 1.82) is 0 Å². The molecule has 2 aliphatic heterocycles. The average Bonchev–Trinajstić information content (AvgIpc) is 2.91. The molecule has 0 N–H and O–H groups in total. The van der Waals surface area contributed by atoms with Crippen molar-refractivity contribution < 1.29 is 9.63 Å². The van der Waals surface area contributed by atoms with Gasteiger partial charge in [0.1, 0.15) is 0 Å². The summed E-state index contributed by atoms with van der Waals surface area (Å²) in [4.78, 5) is 22.4. The summed E-state index contributed by atoms with van der Waals surface area (Å²) in [5, 5.41) is 4.75. The summed E-state index contributed by atoms with van der Waals surface area (Å²) < 4.78 is 0. The molecule has 1 aromatic rings. The molecule has 0 aromatic heterocycles. The smallest absolute Gasteiger partial charge is 0.269 e. The first-order valence-corrected chi connectivity index (χ1v) is 7.85. The predicted octanol–water partition coefficient (Wildman–Crippen LogP) is 2.00. The number of benzene rings is 1. The molecule has 2 aliphatic rings. The lowest BCUT2D eigenvalue weighted by Gasteiger charge is -2.36. The van der Waals surface area contributed by atoms with Crippen LogP contribution < -0.4 is 0 Å². The van der Waals surface area contributed by atoms with Gasteiger partial charge in [0.15, 0.2) is 0 Å². The molecule has 0 spiro atoms. The zero-order chi connectivity index (χ0) is 15.7. The lowest BCUT2D eigenvalue weighted by Crippen LogP contribution is -2.54. The fraction of sp³-hybridized carbons (Fsp3) is 0.500. The molecule has 3 rings (SSSR count). The molecule has 0 saturated carbocycles. The summed E-state index contributed by atoms with van der Waals surface area (Å²) in [7, 11) is 2.06. The molecule has 6 heteroatoms. The molecule has 1 amide bonds. The third-order valence-corrected chi connectivity index (χ3v) is 4.62. The number of likely N-dealkylation sites (N-methyl/N-ethyl adjacent to an activating group) is 1. The first kappa shape index (κ1) is 15.3. The van der Waals surface area contributed by atoms with Crippen LogP contribution in [0.25, 0.3) is 0 Å². The van der Waals surface area contributed by atoms with E-state index < -0.39 is 5.60 Å². The van der Waals surface area contributed by atoms with Crippen LogP contribution in [-0.4, -0.2) is 60.2 Å². The Labute approximate surface area is 135 Å². The van der Waals surface area contributed by atoms with Crippen molar-refractivity contribution in [2.75, 3.05) is 33.2 Å². The molecular weight excluding hydrogens is 302 g/mol. The zero-order valence-electron chi connectivity index (χ0n) is 12.9. The minimum Gasteiger partial charge on any atom is -0.379 e. The highest BCUT2D eigenvalue weighted by Crippen LogP contribution is 2.31. The Morgan fingerprint density at radius 2 is 1.95 bits per heavy atom. The Morgan fingerprint density at radius 3 is 2.64 bits per heavy atom. The van der Waals surface area contributed by atoms with Gasteiger partial charge in [0.25, 0.3) is 5.91 Å². The van der Waals surface area contributed by atoms with Gasteiger partial charge in [0, 0.05) is 43.2 Å². The number of halogens is 1. The number of nitrogens with zero attached hydrogens (tertiary/aromatic N) is 3. The zero-order valence-corrected chi connectivity index (χ0v) is 13.6. The highest BCUT2D eigenvalue weighted by molar-refractivity contribution is 6.34. The number of hydrogen-bond acceptors (Lipinski definition) is 4. The first-order chi connectivity index (χ1) is 10.5. The van der Waals surface area contributed by atoms with Gasteiger partial charge in [-0.1, -0.05) is 35.0 Å². The topological polar surface area (TPSA) is 45.1 Å². The lowest BCUT2D eigenvalue weighted by atomic mass is 9.94. The first-order valence-electron chi connectivity index (χ1n) is 7.47. The Kier molecular flexibility index (Phi) is 4.10. The molecule has 2 heterocycles. The van der Waals surface area contributed by atoms with E-state index >= 15 is 0 Å². The van der Waals surface area contributed by atoms with E-state index in [1.165, 1.54) is 0 Å². The largest absolute Gasteiger partial charge is 0.379 e. The van der Waals surface area contributed by atoms with E-state index in [9.17, 15) is 4.79 Å². The van der Waals surface area contributed by atoms with E-state index in [0.717, 1.165) is 37.5 Å². The van der Waals surface area contributed by atoms with Crippen molar-refractivity contribution in [1.82, 2.24) is 9.80 Å². The van der Waals surface area contributed by atoms with Crippen LogP contribution in [0, 0.1) is 0 Å². The summed E-state index contributed by atoms with van der Waals surface area (Å²) in [6.45, 7) is 5.05. The van der Waals surface area contributed by atoms with Crippen molar-refractivity contribution in [3.05, 3.63) is 34.9 Å². The van der Waals surface area contributed by atoms with E-state index in [-0.39, 0.29) is 5.91 Å². The molecule has 1 saturated heterocycles. The van der Waals surface area contributed by atoms with E-state index in [4.69, 9.17) is 16.4 Å². The number of oxime groups is 1. The second kappa shape index (κ2) is 5.89. The Morgan fingerprint density at radius 1 is 1.27 bits per heavy atom. The van der Waals surface area contributed by atoms with Crippen LogP contribution in [0.1, 0.15) is 18.9 Å². The molecule has 0 unspecified atom stereocenters. The van der Waals surface area contributed by atoms with Crippen molar-refractivity contribution in [3.8, 4) is 0 Å². The second-order valence-electron chi connectivity index (χ2n) is 6.11. The van der Waals surface area contributed by atoms with Crippen LogP contribution >= 0.6 is 11.6 Å². The molecule has 0 bridgehead atoms. The minimum atomic E-state index is -0.926. The normalized spacial score (nSPS) is 25.8. The van der Waals surface area contributed by atoms with Crippen molar-refractivity contribution in [3.63, 3.8) is 0 Å². The number of piperazine rings is 1. The molecule has 1 aromatic carbocycles. The van der Waals surface area contributed by atoms with Crippen LogP contribution in [-0.2, 0) is 9.63 Å². The highest BCUT2D eigenvalue weighted by Gasteiger charge is 2.45. The number of rotatable bonds is 2. The van der Waals surface area contributed by atoms with Crippen LogP contribution in [0.2, 0.25) is 5.02 Å². The van der Waals surface area contributed by atoms with Gasteiger partial charge in [0.05, 0.1) is 5.71 Å². The molecular formula is C16H20ClN3O2. The maximum Gasteiger partial charge on any atom is 0.269 e.